The minimum atomic E-state index is -3.57. The van der Waals surface area contributed by atoms with Crippen LogP contribution in [0, 0.1) is 12.8 Å². The van der Waals surface area contributed by atoms with E-state index in [1.807, 2.05) is 31.3 Å². The number of fused-ring (bicyclic) bond motifs is 1. The van der Waals surface area contributed by atoms with Crippen LogP contribution >= 0.6 is 0 Å². The first-order valence-electron chi connectivity index (χ1n) is 9.65. The van der Waals surface area contributed by atoms with Crippen molar-refractivity contribution in [1.29, 1.82) is 0 Å². The molecule has 0 amide bonds. The summed E-state index contributed by atoms with van der Waals surface area (Å²) in [5.41, 5.74) is 2.92. The quantitative estimate of drug-likeness (QED) is 0.788. The molecule has 2 aromatic rings. The lowest BCUT2D eigenvalue weighted by molar-refractivity contribution is -0.120. The largest absolute Gasteiger partial charge is 0.354 e. The Balaban J connectivity index is 1.53. The molecule has 1 aliphatic carbocycles. The van der Waals surface area contributed by atoms with Crippen molar-refractivity contribution in [1.82, 2.24) is 9.29 Å². The average molecular weight is 400 g/mol. The van der Waals surface area contributed by atoms with E-state index in [-0.39, 0.29) is 11.7 Å². The summed E-state index contributed by atoms with van der Waals surface area (Å²) in [6.45, 7) is 5.66. The molecule has 0 bridgehead atoms. The lowest BCUT2D eigenvalue weighted by Crippen LogP contribution is -2.49. The highest BCUT2D eigenvalue weighted by Gasteiger charge is 2.34. The highest BCUT2D eigenvalue weighted by Crippen LogP contribution is 2.34. The Kier molecular flexibility index (Phi) is 4.97. The molecule has 1 fully saturated rings. The number of carbonyl (C=O) groups excluding carboxylic acids is 1. The molecule has 1 aliphatic heterocycles. The van der Waals surface area contributed by atoms with Crippen LogP contribution in [-0.2, 0) is 27.7 Å². The molecule has 2 heterocycles. The van der Waals surface area contributed by atoms with Gasteiger partial charge in [-0.2, -0.15) is 4.31 Å². The Hall–Kier alpha value is -2.25. The van der Waals surface area contributed by atoms with Crippen LogP contribution in [0.5, 0.6) is 0 Å². The first-order chi connectivity index (χ1) is 13.4. The molecule has 28 heavy (non-hydrogen) atoms. The van der Waals surface area contributed by atoms with Gasteiger partial charge in [-0.05, 0) is 55.5 Å². The number of rotatable bonds is 4. The van der Waals surface area contributed by atoms with Crippen LogP contribution in [0.15, 0.2) is 41.4 Å². The molecular formula is C21H25N3O3S. The standard InChI is InChI=1S/C21H25N3O3S/c1-15-6-7-21(22-14-15)23-8-10-24(11-9-23)28(26,27)20-5-3-4-17-12-18(16(2)25)13-19(17)20/h3-7,14,18H,8-13H2,1-2H3. The first kappa shape index (κ1) is 19.1. The predicted molar refractivity (Wildman–Crippen MR) is 108 cm³/mol. The third-order valence-corrected chi connectivity index (χ3v) is 7.78. The number of benzene rings is 1. The third-order valence-electron chi connectivity index (χ3n) is 5.80. The molecule has 0 spiro atoms. The smallest absolute Gasteiger partial charge is 0.243 e. The van der Waals surface area contributed by atoms with E-state index < -0.39 is 10.0 Å². The summed E-state index contributed by atoms with van der Waals surface area (Å²) in [6.07, 6.45) is 2.99. The second-order valence-electron chi connectivity index (χ2n) is 7.69. The lowest BCUT2D eigenvalue weighted by atomic mass is 10.0. The number of anilines is 1. The summed E-state index contributed by atoms with van der Waals surface area (Å²) < 4.78 is 28.2. The van der Waals surface area contributed by atoms with E-state index in [2.05, 4.69) is 9.88 Å². The SMILES string of the molecule is CC(=O)C1Cc2cccc(S(=O)(=O)N3CCN(c4ccc(C)cn4)CC3)c2C1. The van der Waals surface area contributed by atoms with Gasteiger partial charge in [0, 0.05) is 38.3 Å². The van der Waals surface area contributed by atoms with E-state index in [0.29, 0.717) is 43.9 Å². The predicted octanol–water partition coefficient (Wildman–Crippen LogP) is 2.20. The van der Waals surface area contributed by atoms with Crippen molar-refractivity contribution < 1.29 is 13.2 Å². The molecule has 0 radical (unpaired) electrons. The van der Waals surface area contributed by atoms with Crippen molar-refractivity contribution >= 4 is 21.6 Å². The van der Waals surface area contributed by atoms with E-state index in [4.69, 9.17) is 0 Å². The first-order valence-corrected chi connectivity index (χ1v) is 11.1. The van der Waals surface area contributed by atoms with Gasteiger partial charge in [0.05, 0.1) is 4.90 Å². The van der Waals surface area contributed by atoms with Gasteiger partial charge in [0.25, 0.3) is 0 Å². The van der Waals surface area contributed by atoms with Crippen LogP contribution in [0.2, 0.25) is 0 Å². The Bertz CT molecular complexity index is 994. The number of aryl methyl sites for hydroxylation is 1. The van der Waals surface area contributed by atoms with E-state index in [0.717, 1.165) is 22.5 Å². The molecule has 1 atom stereocenters. The van der Waals surface area contributed by atoms with E-state index in [1.54, 1.807) is 23.4 Å². The highest BCUT2D eigenvalue weighted by molar-refractivity contribution is 7.89. The molecular weight excluding hydrogens is 374 g/mol. The van der Waals surface area contributed by atoms with Gasteiger partial charge in [0.2, 0.25) is 10.0 Å². The van der Waals surface area contributed by atoms with Gasteiger partial charge in [-0.3, -0.25) is 4.79 Å². The average Bonchev–Trinajstić information content (AvgIpc) is 3.13. The topological polar surface area (TPSA) is 70.6 Å². The molecule has 6 nitrogen and oxygen atoms in total. The number of Topliss-reactive ketones (excluding diaryl/α,β-unsaturated/α-hetero) is 1. The van der Waals surface area contributed by atoms with Crippen LogP contribution < -0.4 is 4.90 Å². The number of piperazine rings is 1. The minimum Gasteiger partial charge on any atom is -0.354 e. The van der Waals surface area contributed by atoms with Crippen LogP contribution in [0.1, 0.15) is 23.6 Å². The molecule has 0 saturated carbocycles. The summed E-state index contributed by atoms with van der Waals surface area (Å²) in [5.74, 6) is 0.905. The number of aromatic nitrogens is 1. The molecule has 1 aromatic heterocycles. The number of ketones is 1. The zero-order chi connectivity index (χ0) is 19.9. The van der Waals surface area contributed by atoms with Gasteiger partial charge in [0.1, 0.15) is 11.6 Å². The van der Waals surface area contributed by atoms with Gasteiger partial charge in [-0.15, -0.1) is 0 Å². The van der Waals surface area contributed by atoms with Gasteiger partial charge < -0.3 is 4.90 Å². The van der Waals surface area contributed by atoms with Crippen molar-refractivity contribution in [2.24, 2.45) is 5.92 Å². The maximum absolute atomic E-state index is 13.3. The summed E-state index contributed by atoms with van der Waals surface area (Å²) in [6, 6.07) is 9.42. The fourth-order valence-corrected chi connectivity index (χ4v) is 5.79. The maximum atomic E-state index is 13.3. The number of sulfonamides is 1. The third kappa shape index (κ3) is 3.44. The zero-order valence-corrected chi connectivity index (χ0v) is 17.1. The van der Waals surface area contributed by atoms with Crippen molar-refractivity contribution in [2.75, 3.05) is 31.1 Å². The molecule has 4 rings (SSSR count). The Morgan fingerprint density at radius 1 is 1.07 bits per heavy atom. The van der Waals surface area contributed by atoms with Gasteiger partial charge in [-0.1, -0.05) is 18.2 Å². The molecule has 1 aromatic carbocycles. The zero-order valence-electron chi connectivity index (χ0n) is 16.3. The number of hydrogen-bond donors (Lipinski definition) is 0. The van der Waals surface area contributed by atoms with Crippen LogP contribution in [0.4, 0.5) is 5.82 Å². The number of nitrogens with zero attached hydrogens (tertiary/aromatic N) is 3. The number of hydrogen-bond acceptors (Lipinski definition) is 5. The molecule has 7 heteroatoms. The Labute approximate surface area is 166 Å². The summed E-state index contributed by atoms with van der Waals surface area (Å²) in [5, 5.41) is 0. The van der Waals surface area contributed by atoms with Crippen molar-refractivity contribution in [3.63, 3.8) is 0 Å². The van der Waals surface area contributed by atoms with E-state index in [9.17, 15) is 13.2 Å². The fourth-order valence-electron chi connectivity index (χ4n) is 4.09. The highest BCUT2D eigenvalue weighted by atomic mass is 32.2. The van der Waals surface area contributed by atoms with Crippen LogP contribution in [0.3, 0.4) is 0 Å². The molecule has 1 saturated heterocycles. The summed E-state index contributed by atoms with van der Waals surface area (Å²) in [4.78, 5) is 18.7. The minimum absolute atomic E-state index is 0.101. The van der Waals surface area contributed by atoms with Crippen molar-refractivity contribution in [3.05, 3.63) is 53.2 Å². The fraction of sp³-hybridized carbons (Fsp3) is 0.429. The second-order valence-corrected chi connectivity index (χ2v) is 9.60. The molecule has 0 N–H and O–H groups in total. The summed E-state index contributed by atoms with van der Waals surface area (Å²) >= 11 is 0. The van der Waals surface area contributed by atoms with E-state index >= 15 is 0 Å². The van der Waals surface area contributed by atoms with E-state index in [1.165, 1.54) is 0 Å². The number of carbonyl (C=O) groups is 1. The van der Waals surface area contributed by atoms with Crippen LogP contribution in [0.25, 0.3) is 0 Å². The van der Waals surface area contributed by atoms with Crippen molar-refractivity contribution in [2.45, 2.75) is 31.6 Å². The second kappa shape index (κ2) is 7.29. The van der Waals surface area contributed by atoms with Gasteiger partial charge in [-0.25, -0.2) is 13.4 Å². The molecule has 1 unspecified atom stereocenters. The van der Waals surface area contributed by atoms with Gasteiger partial charge in [0.15, 0.2) is 0 Å². The normalized spacial score (nSPS) is 20.2. The maximum Gasteiger partial charge on any atom is 0.243 e. The summed E-state index contributed by atoms with van der Waals surface area (Å²) in [7, 11) is -3.57. The number of pyridine rings is 1. The Morgan fingerprint density at radius 3 is 2.46 bits per heavy atom. The van der Waals surface area contributed by atoms with Gasteiger partial charge >= 0.3 is 0 Å². The molecule has 148 valence electrons. The Morgan fingerprint density at radius 2 is 1.82 bits per heavy atom. The van der Waals surface area contributed by atoms with Crippen LogP contribution in [-0.4, -0.2) is 49.7 Å². The van der Waals surface area contributed by atoms with Crippen molar-refractivity contribution in [3.8, 4) is 0 Å². The molecule has 2 aliphatic rings. The lowest BCUT2D eigenvalue weighted by Gasteiger charge is -2.35. The monoisotopic (exact) mass is 399 g/mol.